The second-order valence-corrected chi connectivity index (χ2v) is 6.52. The van der Waals surface area contributed by atoms with Crippen LogP contribution < -0.4 is 5.32 Å². The lowest BCUT2D eigenvalue weighted by atomic mass is 10.1. The van der Waals surface area contributed by atoms with Crippen LogP contribution in [0.25, 0.3) is 5.65 Å². The summed E-state index contributed by atoms with van der Waals surface area (Å²) in [6.07, 6.45) is -4.74. The second kappa shape index (κ2) is 7.13. The van der Waals surface area contributed by atoms with Crippen molar-refractivity contribution in [3.8, 4) is 6.07 Å². The quantitative estimate of drug-likeness (QED) is 0.459. The molecule has 0 aliphatic rings. The number of nitriles is 1. The van der Waals surface area contributed by atoms with Gasteiger partial charge < -0.3 is 5.32 Å². The van der Waals surface area contributed by atoms with Gasteiger partial charge in [-0.3, -0.25) is 14.9 Å². The van der Waals surface area contributed by atoms with E-state index in [2.05, 4.69) is 31.3 Å². The van der Waals surface area contributed by atoms with Gasteiger partial charge in [0.05, 0.1) is 20.6 Å². The minimum absolute atomic E-state index is 0.0627. The zero-order valence-electron chi connectivity index (χ0n) is 14.3. The number of rotatable bonds is 3. The van der Waals surface area contributed by atoms with Crippen LogP contribution in [0.4, 0.5) is 24.5 Å². The molecule has 0 atom stereocenters. The normalized spacial score (nSPS) is 11.3. The van der Waals surface area contributed by atoms with E-state index in [4.69, 9.17) is 5.26 Å². The number of carbonyl (C=O) groups is 1. The number of carbonyl (C=O) groups excluding carboxylic acids is 1. The van der Waals surface area contributed by atoms with Gasteiger partial charge in [0, 0.05) is 17.8 Å². The van der Waals surface area contributed by atoms with Crippen molar-refractivity contribution in [3.05, 3.63) is 61.5 Å². The van der Waals surface area contributed by atoms with Crippen LogP contribution >= 0.6 is 15.9 Å². The number of hydrogen-bond acceptors (Lipinski definition) is 6. The predicted molar refractivity (Wildman–Crippen MR) is 96.2 cm³/mol. The van der Waals surface area contributed by atoms with E-state index in [-0.39, 0.29) is 32.8 Å². The van der Waals surface area contributed by atoms with Gasteiger partial charge in [-0.05, 0) is 35.0 Å². The maximum Gasteiger partial charge on any atom is 0.433 e. The number of amides is 1. The summed E-state index contributed by atoms with van der Waals surface area (Å²) in [6.45, 7) is 1.37. The van der Waals surface area contributed by atoms with Gasteiger partial charge in [-0.2, -0.15) is 23.5 Å². The van der Waals surface area contributed by atoms with Crippen molar-refractivity contribution in [2.24, 2.45) is 0 Å². The molecule has 1 aromatic carbocycles. The fourth-order valence-corrected chi connectivity index (χ4v) is 3.00. The Morgan fingerprint density at radius 2 is 2.07 bits per heavy atom. The lowest BCUT2D eigenvalue weighted by Crippen LogP contribution is -2.16. The van der Waals surface area contributed by atoms with Crippen molar-refractivity contribution in [1.82, 2.24) is 14.6 Å². The Balaban J connectivity index is 2.06. The maximum atomic E-state index is 13.3. The van der Waals surface area contributed by atoms with E-state index in [1.807, 2.05) is 0 Å². The van der Waals surface area contributed by atoms with Crippen molar-refractivity contribution in [1.29, 1.82) is 5.26 Å². The van der Waals surface area contributed by atoms with Crippen molar-refractivity contribution in [3.63, 3.8) is 0 Å². The number of alkyl halides is 3. The number of anilines is 1. The summed E-state index contributed by atoms with van der Waals surface area (Å²) in [5, 5.41) is 26.0. The van der Waals surface area contributed by atoms with Gasteiger partial charge in [0.2, 0.25) is 0 Å². The topological polar surface area (TPSA) is 126 Å². The SMILES string of the molecule is Cc1cc(C(F)(F)F)n2nc(C(=O)Nc3ccc([N+](=O)[O-])cc3C#N)c(Br)c2n1. The first-order valence-corrected chi connectivity index (χ1v) is 8.45. The zero-order chi connectivity index (χ0) is 21.5. The van der Waals surface area contributed by atoms with Crippen LogP contribution in [-0.2, 0) is 6.18 Å². The Kier molecular flexibility index (Phi) is 4.97. The molecule has 3 aromatic rings. The van der Waals surface area contributed by atoms with Crippen LogP contribution in [0.5, 0.6) is 0 Å². The third-order valence-electron chi connectivity index (χ3n) is 3.75. The zero-order valence-corrected chi connectivity index (χ0v) is 15.9. The Morgan fingerprint density at radius 1 is 1.38 bits per heavy atom. The molecule has 3 rings (SSSR count). The molecule has 0 aliphatic carbocycles. The number of nitro benzene ring substituents is 1. The number of halogens is 4. The maximum absolute atomic E-state index is 13.3. The lowest BCUT2D eigenvalue weighted by molar-refractivity contribution is -0.384. The number of non-ortho nitro benzene ring substituents is 1. The molecule has 0 saturated carbocycles. The molecule has 2 aromatic heterocycles. The summed E-state index contributed by atoms with van der Waals surface area (Å²) in [5.74, 6) is -0.932. The summed E-state index contributed by atoms with van der Waals surface area (Å²) in [5.41, 5.74) is -2.29. The van der Waals surface area contributed by atoms with E-state index < -0.39 is 28.4 Å². The first kappa shape index (κ1) is 20.2. The molecular formula is C16H8BrF3N6O3. The molecule has 29 heavy (non-hydrogen) atoms. The number of fused-ring (bicyclic) bond motifs is 1. The van der Waals surface area contributed by atoms with E-state index in [1.165, 1.54) is 6.92 Å². The van der Waals surface area contributed by atoms with Crippen LogP contribution in [0.1, 0.15) is 27.4 Å². The van der Waals surface area contributed by atoms with E-state index in [0.29, 0.717) is 4.52 Å². The Morgan fingerprint density at radius 3 is 2.66 bits per heavy atom. The Labute approximate surface area is 168 Å². The van der Waals surface area contributed by atoms with E-state index in [9.17, 15) is 28.1 Å². The molecule has 0 fully saturated rings. The number of nitrogens with zero attached hydrogens (tertiary/aromatic N) is 5. The summed E-state index contributed by atoms with van der Waals surface area (Å²) in [6, 6.07) is 5.67. The standard InChI is InChI=1S/C16H8BrF3N6O3/c1-7-4-11(16(18,19)20)25-14(22-7)12(17)13(24-25)15(27)23-10-3-2-9(26(28)29)5-8(10)6-21/h2-5H,1H3,(H,23,27). The average molecular weight is 469 g/mol. The van der Waals surface area contributed by atoms with Crippen LogP contribution in [0.3, 0.4) is 0 Å². The Bertz CT molecular complexity index is 1220. The number of nitro groups is 1. The van der Waals surface area contributed by atoms with Gasteiger partial charge in [0.25, 0.3) is 11.6 Å². The fourth-order valence-electron chi connectivity index (χ4n) is 2.49. The number of aromatic nitrogens is 3. The fraction of sp³-hybridized carbons (Fsp3) is 0.125. The molecule has 13 heteroatoms. The lowest BCUT2D eigenvalue weighted by Gasteiger charge is -2.09. The molecule has 0 aliphatic heterocycles. The molecule has 0 spiro atoms. The molecular weight excluding hydrogens is 461 g/mol. The van der Waals surface area contributed by atoms with E-state index >= 15 is 0 Å². The number of benzene rings is 1. The highest BCUT2D eigenvalue weighted by molar-refractivity contribution is 9.10. The largest absolute Gasteiger partial charge is 0.433 e. The first-order valence-electron chi connectivity index (χ1n) is 7.66. The predicted octanol–water partition coefficient (Wildman–Crippen LogP) is 3.85. The highest BCUT2D eigenvalue weighted by Gasteiger charge is 2.36. The number of hydrogen-bond donors (Lipinski definition) is 1. The average Bonchev–Trinajstić information content (AvgIpc) is 2.97. The second-order valence-electron chi connectivity index (χ2n) is 5.73. The van der Waals surface area contributed by atoms with E-state index in [1.54, 1.807) is 6.07 Å². The molecule has 0 bridgehead atoms. The highest BCUT2D eigenvalue weighted by Crippen LogP contribution is 2.32. The van der Waals surface area contributed by atoms with Crippen LogP contribution in [-0.4, -0.2) is 25.4 Å². The molecule has 2 heterocycles. The van der Waals surface area contributed by atoms with E-state index in [0.717, 1.165) is 24.3 Å². The van der Waals surface area contributed by atoms with Crippen LogP contribution in [0.15, 0.2) is 28.7 Å². The van der Waals surface area contributed by atoms with Crippen LogP contribution in [0, 0.1) is 28.4 Å². The van der Waals surface area contributed by atoms with Crippen molar-refractivity contribution < 1.29 is 22.9 Å². The van der Waals surface area contributed by atoms with Crippen LogP contribution in [0.2, 0.25) is 0 Å². The first-order chi connectivity index (χ1) is 13.5. The number of nitrogens with one attached hydrogen (secondary N) is 1. The molecule has 148 valence electrons. The minimum atomic E-state index is -4.74. The van der Waals surface area contributed by atoms with Gasteiger partial charge in [-0.25, -0.2) is 9.50 Å². The van der Waals surface area contributed by atoms with Gasteiger partial charge >= 0.3 is 6.18 Å². The summed E-state index contributed by atoms with van der Waals surface area (Å²) >= 11 is 3.04. The summed E-state index contributed by atoms with van der Waals surface area (Å²) in [4.78, 5) is 26.6. The molecule has 0 unspecified atom stereocenters. The van der Waals surface area contributed by atoms with Gasteiger partial charge in [0.15, 0.2) is 11.3 Å². The smallest absolute Gasteiger partial charge is 0.319 e. The molecule has 0 saturated heterocycles. The summed E-state index contributed by atoms with van der Waals surface area (Å²) < 4.78 is 40.3. The molecule has 9 nitrogen and oxygen atoms in total. The van der Waals surface area contributed by atoms with Gasteiger partial charge in [-0.1, -0.05) is 0 Å². The molecule has 0 radical (unpaired) electrons. The monoisotopic (exact) mass is 468 g/mol. The molecule has 1 amide bonds. The third-order valence-corrected chi connectivity index (χ3v) is 4.48. The van der Waals surface area contributed by atoms with Gasteiger partial charge in [0.1, 0.15) is 11.8 Å². The van der Waals surface area contributed by atoms with Crippen molar-refractivity contribution in [2.45, 2.75) is 13.1 Å². The minimum Gasteiger partial charge on any atom is -0.319 e. The van der Waals surface area contributed by atoms with Gasteiger partial charge in [-0.15, -0.1) is 0 Å². The summed E-state index contributed by atoms with van der Waals surface area (Å²) in [7, 11) is 0. The highest BCUT2D eigenvalue weighted by atomic mass is 79.9. The Hall–Kier alpha value is -3.53. The van der Waals surface area contributed by atoms with Crippen molar-refractivity contribution in [2.75, 3.05) is 5.32 Å². The number of aryl methyl sites for hydroxylation is 1. The molecule has 1 N–H and O–H groups in total. The van der Waals surface area contributed by atoms with Crippen molar-refractivity contribution >= 4 is 38.9 Å². The third kappa shape index (κ3) is 3.74.